The van der Waals surface area contributed by atoms with Crippen LogP contribution in [-0.2, 0) is 5.54 Å². The highest BCUT2D eigenvalue weighted by molar-refractivity contribution is 5.91. The lowest BCUT2D eigenvalue weighted by Gasteiger charge is -2.49. The van der Waals surface area contributed by atoms with Crippen LogP contribution in [0.4, 0.5) is 0 Å². The molecule has 186 valence electrons. The molecule has 4 heterocycles. The zero-order valence-corrected chi connectivity index (χ0v) is 20.9. The minimum Gasteiger partial charge on any atom is -0.390 e. The fourth-order valence-electron chi connectivity index (χ4n) is 5.73. The van der Waals surface area contributed by atoms with Crippen molar-refractivity contribution in [1.29, 1.82) is 0 Å². The van der Waals surface area contributed by atoms with Gasteiger partial charge >= 0.3 is 0 Å². The Morgan fingerprint density at radius 2 is 1.61 bits per heavy atom. The lowest BCUT2D eigenvalue weighted by Crippen LogP contribution is -2.58. The fraction of sp³-hybridized carbons (Fsp3) is 0.161. The highest BCUT2D eigenvalue weighted by Crippen LogP contribution is 2.46. The molecule has 7 rings (SSSR count). The predicted molar refractivity (Wildman–Crippen MR) is 148 cm³/mol. The second-order valence-electron chi connectivity index (χ2n) is 10.5. The van der Waals surface area contributed by atoms with Crippen molar-refractivity contribution < 1.29 is 5.11 Å². The predicted octanol–water partition coefficient (Wildman–Crippen LogP) is 5.37. The first-order valence-corrected chi connectivity index (χ1v) is 12.7. The van der Waals surface area contributed by atoms with E-state index in [1.807, 2.05) is 54.0 Å². The fourth-order valence-corrected chi connectivity index (χ4v) is 5.73. The zero-order chi connectivity index (χ0) is 25.9. The molecule has 0 radical (unpaired) electrons. The Morgan fingerprint density at radius 1 is 0.868 bits per heavy atom. The molecule has 4 aromatic heterocycles. The van der Waals surface area contributed by atoms with Crippen LogP contribution in [0.15, 0.2) is 97.5 Å². The maximum atomic E-state index is 10.3. The number of hydrogen-bond acceptors (Lipinski definition) is 6. The number of aliphatic hydroxyl groups is 1. The van der Waals surface area contributed by atoms with Gasteiger partial charge in [0.2, 0.25) is 0 Å². The van der Waals surface area contributed by atoms with Gasteiger partial charge in [-0.2, -0.15) is 9.61 Å². The van der Waals surface area contributed by atoms with Gasteiger partial charge in [-0.1, -0.05) is 54.6 Å². The molecular weight excluding hydrogens is 472 g/mol. The molecule has 2 aromatic carbocycles. The van der Waals surface area contributed by atoms with Crippen LogP contribution < -0.4 is 5.73 Å². The second kappa shape index (κ2) is 8.28. The van der Waals surface area contributed by atoms with Crippen molar-refractivity contribution in [2.24, 2.45) is 5.73 Å². The summed E-state index contributed by atoms with van der Waals surface area (Å²) in [5.74, 6) is 0. The Bertz CT molecular complexity index is 1790. The average Bonchev–Trinajstić information content (AvgIpc) is 3.37. The molecular formula is C31H26N6O. The van der Waals surface area contributed by atoms with Crippen LogP contribution in [0.5, 0.6) is 0 Å². The maximum absolute atomic E-state index is 10.3. The van der Waals surface area contributed by atoms with Crippen molar-refractivity contribution in [1.82, 2.24) is 24.6 Å². The number of hydrogen-bond donors (Lipinski definition) is 2. The first-order valence-electron chi connectivity index (χ1n) is 12.7. The molecule has 0 aliphatic heterocycles. The minimum absolute atomic E-state index is 0.503. The molecule has 0 amide bonds. The highest BCUT2D eigenvalue weighted by atomic mass is 16.3. The maximum Gasteiger partial charge on any atom is 0.165 e. The Hall–Kier alpha value is -4.46. The Morgan fingerprint density at radius 3 is 2.32 bits per heavy atom. The van der Waals surface area contributed by atoms with Crippen LogP contribution in [0.25, 0.3) is 50.3 Å². The third-order valence-electron chi connectivity index (χ3n) is 7.44. The standard InChI is InChI=1S/C31H26N6O/c1-30(38)18-31(32,19-30)24-9-7-22(8-10-24)28-25(20-5-3-2-4-6-20)15-23-17-34-27-16-26(21-11-13-33-14-12-21)36-37(27)29(23)35-28/h2-17,38H,18-19,32H2,1H3. The van der Waals surface area contributed by atoms with Gasteiger partial charge in [-0.05, 0) is 49.1 Å². The molecule has 0 unspecified atom stereocenters. The number of rotatable bonds is 4. The van der Waals surface area contributed by atoms with Crippen molar-refractivity contribution in [3.8, 4) is 33.6 Å². The van der Waals surface area contributed by atoms with E-state index in [1.54, 1.807) is 12.4 Å². The minimum atomic E-state index is -0.702. The normalized spacial score (nSPS) is 21.0. The first-order chi connectivity index (χ1) is 18.4. The molecule has 1 fully saturated rings. The van der Waals surface area contributed by atoms with Crippen LogP contribution in [0.3, 0.4) is 0 Å². The van der Waals surface area contributed by atoms with E-state index in [0.29, 0.717) is 12.8 Å². The van der Waals surface area contributed by atoms with Crippen molar-refractivity contribution >= 4 is 16.7 Å². The smallest absolute Gasteiger partial charge is 0.165 e. The van der Waals surface area contributed by atoms with Crippen LogP contribution in [0, 0.1) is 0 Å². The van der Waals surface area contributed by atoms with E-state index in [1.165, 1.54) is 0 Å². The quantitative estimate of drug-likeness (QED) is 0.339. The molecule has 0 spiro atoms. The topological polar surface area (TPSA) is 102 Å². The zero-order valence-electron chi connectivity index (χ0n) is 20.9. The summed E-state index contributed by atoms with van der Waals surface area (Å²) >= 11 is 0. The molecule has 1 saturated carbocycles. The van der Waals surface area contributed by atoms with Gasteiger partial charge < -0.3 is 10.8 Å². The molecule has 3 N–H and O–H groups in total. The van der Waals surface area contributed by atoms with Gasteiger partial charge in [0.15, 0.2) is 11.3 Å². The Kier molecular flexibility index (Phi) is 4.95. The third kappa shape index (κ3) is 3.75. The van der Waals surface area contributed by atoms with Crippen LogP contribution in [-0.4, -0.2) is 35.3 Å². The summed E-state index contributed by atoms with van der Waals surface area (Å²) < 4.78 is 1.81. The van der Waals surface area contributed by atoms with Crippen molar-refractivity contribution in [2.45, 2.75) is 30.9 Å². The van der Waals surface area contributed by atoms with E-state index in [4.69, 9.17) is 15.8 Å². The van der Waals surface area contributed by atoms with Gasteiger partial charge in [0.1, 0.15) is 0 Å². The highest BCUT2D eigenvalue weighted by Gasteiger charge is 2.49. The van der Waals surface area contributed by atoms with Crippen LogP contribution in [0.1, 0.15) is 25.3 Å². The van der Waals surface area contributed by atoms with E-state index in [9.17, 15) is 5.11 Å². The third-order valence-corrected chi connectivity index (χ3v) is 7.44. The van der Waals surface area contributed by atoms with E-state index in [-0.39, 0.29) is 0 Å². The van der Waals surface area contributed by atoms with Gasteiger partial charge in [-0.15, -0.1) is 0 Å². The molecule has 1 aliphatic rings. The van der Waals surface area contributed by atoms with Gasteiger partial charge in [0.05, 0.1) is 17.0 Å². The number of nitrogens with two attached hydrogens (primary N) is 1. The van der Waals surface area contributed by atoms with Crippen molar-refractivity contribution in [3.05, 3.63) is 103 Å². The lowest BCUT2D eigenvalue weighted by atomic mass is 9.63. The van der Waals surface area contributed by atoms with Crippen molar-refractivity contribution in [3.63, 3.8) is 0 Å². The average molecular weight is 499 g/mol. The molecule has 0 saturated heterocycles. The number of benzene rings is 2. The summed E-state index contributed by atoms with van der Waals surface area (Å²) in [5.41, 5.74) is 13.6. The molecule has 7 nitrogen and oxygen atoms in total. The summed E-state index contributed by atoms with van der Waals surface area (Å²) in [7, 11) is 0. The van der Waals surface area contributed by atoms with E-state index in [2.05, 4.69) is 52.4 Å². The molecule has 6 aromatic rings. The van der Waals surface area contributed by atoms with Crippen LogP contribution >= 0.6 is 0 Å². The summed E-state index contributed by atoms with van der Waals surface area (Å²) in [5, 5.41) is 16.0. The largest absolute Gasteiger partial charge is 0.390 e. The molecule has 1 aliphatic carbocycles. The van der Waals surface area contributed by atoms with Crippen molar-refractivity contribution in [2.75, 3.05) is 0 Å². The summed E-state index contributed by atoms with van der Waals surface area (Å²) in [6, 6.07) is 26.5. The van der Waals surface area contributed by atoms with Gasteiger partial charge in [0, 0.05) is 52.3 Å². The monoisotopic (exact) mass is 498 g/mol. The summed E-state index contributed by atoms with van der Waals surface area (Å²) in [6.45, 7) is 1.84. The Balaban J connectivity index is 1.40. The first kappa shape index (κ1) is 22.7. The lowest BCUT2D eigenvalue weighted by molar-refractivity contribution is -0.0738. The second-order valence-corrected chi connectivity index (χ2v) is 10.5. The van der Waals surface area contributed by atoms with E-state index >= 15 is 0 Å². The number of aromatic nitrogens is 5. The number of fused-ring (bicyclic) bond motifs is 3. The van der Waals surface area contributed by atoms with Gasteiger partial charge in [-0.25, -0.2) is 9.97 Å². The summed E-state index contributed by atoms with van der Waals surface area (Å²) in [4.78, 5) is 14.0. The van der Waals surface area contributed by atoms with Crippen LogP contribution in [0.2, 0.25) is 0 Å². The molecule has 38 heavy (non-hydrogen) atoms. The Labute approximate surface area is 219 Å². The number of nitrogens with zero attached hydrogens (tertiary/aromatic N) is 5. The summed E-state index contributed by atoms with van der Waals surface area (Å²) in [6.07, 6.45) is 6.47. The number of pyridine rings is 2. The van der Waals surface area contributed by atoms with Gasteiger partial charge in [0.25, 0.3) is 0 Å². The molecule has 0 bridgehead atoms. The van der Waals surface area contributed by atoms with E-state index < -0.39 is 11.1 Å². The molecule has 0 atom stereocenters. The van der Waals surface area contributed by atoms with Gasteiger partial charge in [-0.3, -0.25) is 4.98 Å². The SMILES string of the molecule is CC1(O)CC(N)(c2ccc(-c3nc4c(cnc5cc(-c6ccncc6)nn54)cc3-c3ccccc3)cc2)C1. The van der Waals surface area contributed by atoms with E-state index in [0.717, 1.165) is 55.9 Å². The molecule has 7 heteroatoms.